The number of carboxylic acid groups (broad SMARTS) is 1. The number of pyridine rings is 2. The molecule has 26 heavy (non-hydrogen) atoms. The third-order valence-corrected chi connectivity index (χ3v) is 3.47. The van der Waals surface area contributed by atoms with E-state index in [-0.39, 0.29) is 17.1 Å². The van der Waals surface area contributed by atoms with Gasteiger partial charge in [0.15, 0.2) is 11.5 Å². The first-order chi connectivity index (χ1) is 12.2. The molecule has 6 nitrogen and oxygen atoms in total. The van der Waals surface area contributed by atoms with Gasteiger partial charge in [-0.25, -0.2) is 19.4 Å². The van der Waals surface area contributed by atoms with E-state index in [4.69, 9.17) is 5.11 Å². The molecule has 0 atom stereocenters. The Morgan fingerprint density at radius 3 is 2.62 bits per heavy atom. The molecule has 0 fully saturated rings. The van der Waals surface area contributed by atoms with E-state index in [0.29, 0.717) is 16.4 Å². The first kappa shape index (κ1) is 17.5. The van der Waals surface area contributed by atoms with E-state index >= 15 is 0 Å². The molecule has 0 bridgehead atoms. The third kappa shape index (κ3) is 3.13. The summed E-state index contributed by atoms with van der Waals surface area (Å²) < 4.78 is 54.2. The van der Waals surface area contributed by atoms with Gasteiger partial charge in [-0.05, 0) is 30.7 Å². The summed E-state index contributed by atoms with van der Waals surface area (Å²) in [6, 6.07) is 5.42. The van der Waals surface area contributed by atoms with Crippen LogP contribution >= 0.6 is 0 Å². The number of hydrogen-bond donors (Lipinski definition) is 1. The molecule has 3 aromatic heterocycles. The summed E-state index contributed by atoms with van der Waals surface area (Å²) in [6.45, 7) is 1.67. The quantitative estimate of drug-likeness (QED) is 0.567. The van der Waals surface area contributed by atoms with Crippen molar-refractivity contribution in [3.05, 3.63) is 59.4 Å². The van der Waals surface area contributed by atoms with Crippen molar-refractivity contribution < 1.29 is 27.5 Å². The second-order valence-electron chi connectivity index (χ2n) is 5.35. The van der Waals surface area contributed by atoms with E-state index < -0.39 is 29.4 Å². The van der Waals surface area contributed by atoms with Crippen LogP contribution in [0.15, 0.2) is 36.7 Å². The van der Waals surface area contributed by atoms with Crippen LogP contribution in [0.5, 0.6) is 0 Å². The number of carboxylic acids is 1. The van der Waals surface area contributed by atoms with Gasteiger partial charge in [0.2, 0.25) is 5.95 Å². The van der Waals surface area contributed by atoms with Gasteiger partial charge in [-0.15, -0.1) is 0 Å². The Balaban J connectivity index is 2.18. The summed E-state index contributed by atoms with van der Waals surface area (Å²) >= 11 is 0. The van der Waals surface area contributed by atoms with Crippen LogP contribution in [0.1, 0.15) is 21.6 Å². The third-order valence-electron chi connectivity index (χ3n) is 3.47. The minimum absolute atomic E-state index is 0.00558. The van der Waals surface area contributed by atoms with E-state index in [2.05, 4.69) is 15.1 Å². The Morgan fingerprint density at radius 2 is 1.96 bits per heavy atom. The van der Waals surface area contributed by atoms with Crippen LogP contribution in [-0.2, 0) is 6.18 Å². The SMILES string of the molecule is Cc1cnc(F)c(-c2cccc(-n3ncc(C(=O)O)c3C(F)(F)F)n2)c1. The average molecular weight is 366 g/mol. The number of carbonyl (C=O) groups is 1. The summed E-state index contributed by atoms with van der Waals surface area (Å²) in [5.41, 5.74) is -1.80. The zero-order valence-electron chi connectivity index (χ0n) is 13.1. The van der Waals surface area contributed by atoms with Crippen molar-refractivity contribution >= 4 is 5.97 Å². The van der Waals surface area contributed by atoms with Crippen LogP contribution in [-0.4, -0.2) is 30.8 Å². The van der Waals surface area contributed by atoms with Crippen LogP contribution in [0.2, 0.25) is 0 Å². The van der Waals surface area contributed by atoms with Gasteiger partial charge in [-0.3, -0.25) is 0 Å². The molecule has 0 amide bonds. The number of alkyl halides is 3. The number of aromatic carboxylic acids is 1. The summed E-state index contributed by atoms with van der Waals surface area (Å²) in [5, 5.41) is 12.4. The van der Waals surface area contributed by atoms with Gasteiger partial charge in [-0.2, -0.15) is 22.7 Å². The Kier molecular flexibility index (Phi) is 4.18. The normalized spacial score (nSPS) is 11.6. The fourth-order valence-corrected chi connectivity index (χ4v) is 2.37. The number of rotatable bonds is 3. The number of nitrogens with zero attached hydrogens (tertiary/aromatic N) is 4. The summed E-state index contributed by atoms with van der Waals surface area (Å²) in [4.78, 5) is 18.6. The molecule has 3 aromatic rings. The highest BCUT2D eigenvalue weighted by Gasteiger charge is 2.41. The van der Waals surface area contributed by atoms with Crippen LogP contribution in [0, 0.1) is 12.9 Å². The van der Waals surface area contributed by atoms with Crippen molar-refractivity contribution in [3.63, 3.8) is 0 Å². The van der Waals surface area contributed by atoms with Crippen molar-refractivity contribution in [2.24, 2.45) is 0 Å². The van der Waals surface area contributed by atoms with Gasteiger partial charge in [-0.1, -0.05) is 6.07 Å². The maximum absolute atomic E-state index is 13.9. The van der Waals surface area contributed by atoms with Crippen molar-refractivity contribution in [2.75, 3.05) is 0 Å². The Labute approximate surface area is 143 Å². The fraction of sp³-hybridized carbons (Fsp3) is 0.125. The summed E-state index contributed by atoms with van der Waals surface area (Å²) in [6.07, 6.45) is -3.08. The van der Waals surface area contributed by atoms with E-state index in [1.807, 2.05) is 0 Å². The molecule has 0 radical (unpaired) electrons. The van der Waals surface area contributed by atoms with Crippen molar-refractivity contribution in [1.29, 1.82) is 0 Å². The number of hydrogen-bond acceptors (Lipinski definition) is 4. The Hall–Kier alpha value is -3.30. The van der Waals surface area contributed by atoms with Crippen molar-refractivity contribution in [3.8, 4) is 17.1 Å². The first-order valence-corrected chi connectivity index (χ1v) is 7.17. The largest absolute Gasteiger partial charge is 0.478 e. The lowest BCUT2D eigenvalue weighted by molar-refractivity contribution is -0.143. The summed E-state index contributed by atoms with van der Waals surface area (Å²) in [7, 11) is 0. The highest BCUT2D eigenvalue weighted by molar-refractivity contribution is 5.89. The number of aryl methyl sites for hydroxylation is 1. The molecule has 0 spiro atoms. The zero-order valence-corrected chi connectivity index (χ0v) is 13.1. The number of aromatic nitrogens is 4. The molecule has 0 aliphatic heterocycles. The minimum Gasteiger partial charge on any atom is -0.478 e. The molecule has 3 heterocycles. The van der Waals surface area contributed by atoms with E-state index in [9.17, 15) is 22.4 Å². The monoisotopic (exact) mass is 366 g/mol. The molecule has 0 aliphatic rings. The molecule has 0 saturated carbocycles. The van der Waals surface area contributed by atoms with E-state index in [1.54, 1.807) is 6.92 Å². The highest BCUT2D eigenvalue weighted by Crippen LogP contribution is 2.33. The van der Waals surface area contributed by atoms with Crippen LogP contribution in [0.4, 0.5) is 17.6 Å². The predicted molar refractivity (Wildman–Crippen MR) is 81.2 cm³/mol. The average Bonchev–Trinajstić information content (AvgIpc) is 3.03. The molecule has 134 valence electrons. The van der Waals surface area contributed by atoms with Gasteiger partial charge in [0.1, 0.15) is 5.56 Å². The molecule has 1 N–H and O–H groups in total. The lowest BCUT2D eigenvalue weighted by atomic mass is 10.1. The van der Waals surface area contributed by atoms with Crippen LogP contribution < -0.4 is 0 Å². The molecule has 0 saturated heterocycles. The van der Waals surface area contributed by atoms with Gasteiger partial charge in [0.25, 0.3) is 0 Å². The number of halogens is 4. The predicted octanol–water partition coefficient (Wildman–Crippen LogP) is 3.49. The maximum atomic E-state index is 13.9. The van der Waals surface area contributed by atoms with Gasteiger partial charge < -0.3 is 5.11 Å². The van der Waals surface area contributed by atoms with E-state index in [1.165, 1.54) is 30.5 Å². The standard InChI is InChI=1S/C16H10F4N4O2/c1-8-5-9(14(17)21-6-8)11-3-2-4-12(23-11)24-13(16(18,19)20)10(7-22-24)15(25)26/h2-7H,1H3,(H,25,26). The lowest BCUT2D eigenvalue weighted by Gasteiger charge is -2.12. The molecule has 0 aliphatic carbocycles. The molecule has 3 rings (SSSR count). The minimum atomic E-state index is -4.97. The van der Waals surface area contributed by atoms with Crippen molar-refractivity contribution in [1.82, 2.24) is 19.7 Å². The van der Waals surface area contributed by atoms with Crippen LogP contribution in [0.25, 0.3) is 17.1 Å². The zero-order chi connectivity index (χ0) is 19.1. The Bertz CT molecular complexity index is 998. The first-order valence-electron chi connectivity index (χ1n) is 7.17. The van der Waals surface area contributed by atoms with E-state index in [0.717, 1.165) is 0 Å². The molecular weight excluding hydrogens is 356 g/mol. The van der Waals surface area contributed by atoms with Gasteiger partial charge in [0.05, 0.1) is 17.5 Å². The molecular formula is C16H10F4N4O2. The molecule has 0 aromatic carbocycles. The lowest BCUT2D eigenvalue weighted by Crippen LogP contribution is -2.18. The van der Waals surface area contributed by atoms with Gasteiger partial charge in [0, 0.05) is 6.20 Å². The van der Waals surface area contributed by atoms with Crippen molar-refractivity contribution in [2.45, 2.75) is 13.1 Å². The smallest absolute Gasteiger partial charge is 0.434 e. The fourth-order valence-electron chi connectivity index (χ4n) is 2.37. The Morgan fingerprint density at radius 1 is 1.23 bits per heavy atom. The van der Waals surface area contributed by atoms with Gasteiger partial charge >= 0.3 is 12.1 Å². The summed E-state index contributed by atoms with van der Waals surface area (Å²) in [5.74, 6) is -2.90. The second kappa shape index (κ2) is 6.21. The van der Waals surface area contributed by atoms with Crippen LogP contribution in [0.3, 0.4) is 0 Å². The highest BCUT2D eigenvalue weighted by atomic mass is 19.4. The molecule has 0 unspecified atom stereocenters. The second-order valence-corrected chi connectivity index (χ2v) is 5.35. The molecule has 10 heteroatoms. The maximum Gasteiger partial charge on any atom is 0.434 e. The topological polar surface area (TPSA) is 80.9 Å².